The van der Waals surface area contributed by atoms with Crippen LogP contribution in [0.2, 0.25) is 10.0 Å². The predicted molar refractivity (Wildman–Crippen MR) is 91.8 cm³/mol. The van der Waals surface area contributed by atoms with Crippen LogP contribution in [0.15, 0.2) is 46.0 Å². The van der Waals surface area contributed by atoms with Crippen molar-refractivity contribution in [3.63, 3.8) is 0 Å². The van der Waals surface area contributed by atoms with Crippen LogP contribution in [0.3, 0.4) is 0 Å². The lowest BCUT2D eigenvalue weighted by molar-refractivity contribution is 0.713. The fourth-order valence-corrected chi connectivity index (χ4v) is 3.16. The van der Waals surface area contributed by atoms with E-state index in [9.17, 15) is 0 Å². The van der Waals surface area contributed by atoms with E-state index < -0.39 is 0 Å². The van der Waals surface area contributed by atoms with E-state index in [1.165, 1.54) is 0 Å². The number of benzene rings is 2. The fraction of sp³-hybridized carbons (Fsp3) is 0.0714. The molecule has 22 heavy (non-hydrogen) atoms. The van der Waals surface area contributed by atoms with Crippen molar-refractivity contribution < 1.29 is 0 Å². The van der Waals surface area contributed by atoms with Crippen LogP contribution in [-0.4, -0.2) is 9.78 Å². The lowest BCUT2D eigenvalue weighted by Gasteiger charge is -2.05. The van der Waals surface area contributed by atoms with Gasteiger partial charge in [0.05, 0.1) is 12.1 Å². The van der Waals surface area contributed by atoms with Gasteiger partial charge in [0.25, 0.3) is 0 Å². The van der Waals surface area contributed by atoms with E-state index in [2.05, 4.69) is 31.1 Å². The summed E-state index contributed by atoms with van der Waals surface area (Å²) in [6, 6.07) is 11.0. The summed E-state index contributed by atoms with van der Waals surface area (Å²) < 4.78 is 2.67. The number of halogens is 3. The standard InChI is InChI=1S/C14H8BrCl2N5/c15-9-1-2-12-13(5-9)22(20-14(12)19-21-18)7-8-3-10(16)6-11(17)4-8/h1-6H,7H2. The normalized spacial score (nSPS) is 10.7. The van der Waals surface area contributed by atoms with Crippen molar-refractivity contribution in [1.29, 1.82) is 0 Å². The molecule has 0 saturated carbocycles. The lowest BCUT2D eigenvalue weighted by atomic mass is 10.2. The Bertz CT molecular complexity index is 895. The Labute approximate surface area is 144 Å². The molecule has 1 heterocycles. The number of nitrogens with zero attached hydrogens (tertiary/aromatic N) is 5. The van der Waals surface area contributed by atoms with Crippen molar-refractivity contribution in [2.24, 2.45) is 5.11 Å². The topological polar surface area (TPSA) is 66.6 Å². The Hall–Kier alpha value is -1.72. The molecule has 0 aliphatic rings. The van der Waals surface area contributed by atoms with Gasteiger partial charge in [-0.15, -0.1) is 0 Å². The highest BCUT2D eigenvalue weighted by Gasteiger charge is 2.11. The monoisotopic (exact) mass is 395 g/mol. The van der Waals surface area contributed by atoms with Gasteiger partial charge in [0.15, 0.2) is 5.82 Å². The molecule has 0 spiro atoms. The molecule has 0 N–H and O–H groups in total. The van der Waals surface area contributed by atoms with E-state index in [1.807, 2.05) is 30.3 Å². The number of hydrogen-bond donors (Lipinski definition) is 0. The second-order valence-corrected chi connectivity index (χ2v) is 6.40. The molecule has 0 radical (unpaired) electrons. The molecule has 8 heteroatoms. The molecule has 0 saturated heterocycles. The molecule has 0 unspecified atom stereocenters. The zero-order chi connectivity index (χ0) is 15.7. The predicted octanol–water partition coefficient (Wildman–Crippen LogP) is 6.10. The zero-order valence-corrected chi connectivity index (χ0v) is 14.1. The molecule has 0 aliphatic heterocycles. The van der Waals surface area contributed by atoms with Gasteiger partial charge in [-0.3, -0.25) is 4.68 Å². The first kappa shape index (κ1) is 15.2. The maximum atomic E-state index is 8.67. The van der Waals surface area contributed by atoms with Crippen LogP contribution in [0, 0.1) is 0 Å². The minimum absolute atomic E-state index is 0.345. The summed E-state index contributed by atoms with van der Waals surface area (Å²) in [5.74, 6) is 0.345. The Morgan fingerprint density at radius 2 is 1.91 bits per heavy atom. The lowest BCUT2D eigenvalue weighted by Crippen LogP contribution is -2.01. The molecule has 2 aromatic carbocycles. The van der Waals surface area contributed by atoms with E-state index in [0.29, 0.717) is 22.4 Å². The Morgan fingerprint density at radius 3 is 2.59 bits per heavy atom. The zero-order valence-electron chi connectivity index (χ0n) is 11.0. The molecule has 3 rings (SSSR count). The Balaban J connectivity index is 2.13. The molecule has 5 nitrogen and oxygen atoms in total. The summed E-state index contributed by atoms with van der Waals surface area (Å²) in [7, 11) is 0. The summed E-state index contributed by atoms with van der Waals surface area (Å²) in [6.07, 6.45) is 0. The third-order valence-corrected chi connectivity index (χ3v) is 4.02. The summed E-state index contributed by atoms with van der Waals surface area (Å²) in [6.45, 7) is 0.466. The van der Waals surface area contributed by atoms with Crippen molar-refractivity contribution in [3.8, 4) is 0 Å². The molecular formula is C14H8BrCl2N5. The largest absolute Gasteiger partial charge is 0.260 e. The van der Waals surface area contributed by atoms with Gasteiger partial charge >= 0.3 is 0 Å². The van der Waals surface area contributed by atoms with Crippen LogP contribution in [0.1, 0.15) is 5.56 Å². The molecule has 0 aliphatic carbocycles. The van der Waals surface area contributed by atoms with Gasteiger partial charge in [0.2, 0.25) is 0 Å². The maximum absolute atomic E-state index is 8.67. The van der Waals surface area contributed by atoms with Gasteiger partial charge < -0.3 is 0 Å². The van der Waals surface area contributed by atoms with E-state index >= 15 is 0 Å². The van der Waals surface area contributed by atoms with E-state index in [4.69, 9.17) is 28.7 Å². The van der Waals surface area contributed by atoms with Gasteiger partial charge in [0, 0.05) is 24.8 Å². The first-order valence-electron chi connectivity index (χ1n) is 6.23. The molecule has 0 fully saturated rings. The average molecular weight is 397 g/mol. The molecule has 110 valence electrons. The van der Waals surface area contributed by atoms with Crippen LogP contribution in [-0.2, 0) is 6.54 Å². The molecule has 3 aromatic rings. The highest BCUT2D eigenvalue weighted by Crippen LogP contribution is 2.29. The van der Waals surface area contributed by atoms with Crippen LogP contribution < -0.4 is 0 Å². The first-order chi connectivity index (χ1) is 10.6. The van der Waals surface area contributed by atoms with Crippen LogP contribution in [0.4, 0.5) is 5.82 Å². The van der Waals surface area contributed by atoms with Gasteiger partial charge in [-0.1, -0.05) is 39.1 Å². The summed E-state index contributed by atoms with van der Waals surface area (Å²) in [5, 5.41) is 9.92. The Morgan fingerprint density at radius 1 is 1.18 bits per heavy atom. The second-order valence-electron chi connectivity index (χ2n) is 4.61. The minimum atomic E-state index is 0.345. The fourth-order valence-electron chi connectivity index (χ4n) is 2.24. The number of hydrogen-bond acceptors (Lipinski definition) is 2. The summed E-state index contributed by atoms with van der Waals surface area (Å²) in [5.41, 5.74) is 10.4. The van der Waals surface area contributed by atoms with Crippen molar-refractivity contribution in [3.05, 3.63) is 66.9 Å². The Kier molecular flexibility index (Phi) is 4.27. The highest BCUT2D eigenvalue weighted by atomic mass is 79.9. The molecular weight excluding hydrogens is 389 g/mol. The molecule has 0 atom stereocenters. The molecule has 0 bridgehead atoms. The average Bonchev–Trinajstić information content (AvgIpc) is 2.75. The van der Waals surface area contributed by atoms with Crippen molar-refractivity contribution in [2.45, 2.75) is 6.54 Å². The summed E-state index contributed by atoms with van der Waals surface area (Å²) in [4.78, 5) is 2.82. The number of aromatic nitrogens is 2. The van der Waals surface area contributed by atoms with Crippen LogP contribution >= 0.6 is 39.1 Å². The van der Waals surface area contributed by atoms with Crippen molar-refractivity contribution in [2.75, 3.05) is 0 Å². The van der Waals surface area contributed by atoms with Gasteiger partial charge in [0.1, 0.15) is 0 Å². The van der Waals surface area contributed by atoms with E-state index in [0.717, 1.165) is 20.9 Å². The van der Waals surface area contributed by atoms with Crippen molar-refractivity contribution >= 4 is 55.9 Å². The third-order valence-electron chi connectivity index (χ3n) is 3.09. The summed E-state index contributed by atoms with van der Waals surface area (Å²) >= 11 is 15.5. The van der Waals surface area contributed by atoms with Crippen molar-refractivity contribution in [1.82, 2.24) is 9.78 Å². The van der Waals surface area contributed by atoms with Crippen LogP contribution in [0.5, 0.6) is 0 Å². The number of rotatable bonds is 3. The van der Waals surface area contributed by atoms with Gasteiger partial charge in [-0.05, 0) is 52.6 Å². The third kappa shape index (κ3) is 3.05. The maximum Gasteiger partial charge on any atom is 0.156 e. The second kappa shape index (κ2) is 6.18. The number of azide groups is 1. The molecule has 1 aromatic heterocycles. The van der Waals surface area contributed by atoms with E-state index in [1.54, 1.807) is 10.7 Å². The van der Waals surface area contributed by atoms with Gasteiger partial charge in [-0.2, -0.15) is 5.10 Å². The van der Waals surface area contributed by atoms with Crippen LogP contribution in [0.25, 0.3) is 21.3 Å². The highest BCUT2D eigenvalue weighted by molar-refractivity contribution is 9.10. The minimum Gasteiger partial charge on any atom is -0.260 e. The van der Waals surface area contributed by atoms with Gasteiger partial charge in [-0.25, -0.2) is 0 Å². The molecule has 0 amide bonds. The quantitative estimate of drug-likeness (QED) is 0.299. The SMILES string of the molecule is [N-]=[N+]=Nc1nn(Cc2cc(Cl)cc(Cl)c2)c2cc(Br)ccc12. The van der Waals surface area contributed by atoms with E-state index in [-0.39, 0.29) is 0 Å². The smallest absolute Gasteiger partial charge is 0.156 e. The first-order valence-corrected chi connectivity index (χ1v) is 7.78. The number of fused-ring (bicyclic) bond motifs is 1.